The van der Waals surface area contributed by atoms with Crippen LogP contribution in [0.4, 0.5) is 13.2 Å². The molecule has 10 heteroatoms. The number of hydrogen-bond donors (Lipinski definition) is 2. The van der Waals surface area contributed by atoms with E-state index in [0.29, 0.717) is 23.0 Å². The number of carbonyl (C=O) groups is 1. The minimum Gasteiger partial charge on any atom is -0.484 e. The van der Waals surface area contributed by atoms with E-state index in [0.717, 1.165) is 5.56 Å². The molecule has 0 aliphatic rings. The van der Waals surface area contributed by atoms with Gasteiger partial charge in [-0.1, -0.05) is 12.1 Å². The zero-order valence-corrected chi connectivity index (χ0v) is 15.5. The van der Waals surface area contributed by atoms with Gasteiger partial charge in [0.1, 0.15) is 11.4 Å². The van der Waals surface area contributed by atoms with E-state index in [-0.39, 0.29) is 24.6 Å². The number of aromatic nitrogens is 3. The minimum atomic E-state index is -4.39. The third-order valence-electron chi connectivity index (χ3n) is 4.07. The van der Waals surface area contributed by atoms with E-state index >= 15 is 0 Å². The summed E-state index contributed by atoms with van der Waals surface area (Å²) >= 11 is 0. The number of fused-ring (bicyclic) bond motifs is 1. The van der Waals surface area contributed by atoms with Crippen molar-refractivity contribution < 1.29 is 27.8 Å². The number of benzene rings is 1. The molecule has 0 saturated heterocycles. The van der Waals surface area contributed by atoms with Crippen LogP contribution in [0, 0.1) is 6.92 Å². The number of ether oxygens (including phenoxy) is 1. The molecular weight excluding hydrogens is 389 g/mol. The lowest BCUT2D eigenvalue weighted by atomic mass is 10.1. The lowest BCUT2D eigenvalue weighted by molar-refractivity contribution is -0.153. The number of aliphatic hydroxyl groups is 1. The molecule has 2 N–H and O–H groups in total. The quantitative estimate of drug-likeness (QED) is 0.627. The van der Waals surface area contributed by atoms with Gasteiger partial charge in [0.15, 0.2) is 6.61 Å². The second-order valence-corrected chi connectivity index (χ2v) is 6.40. The van der Waals surface area contributed by atoms with Crippen LogP contribution in [0.2, 0.25) is 0 Å². The number of hydrogen-bond acceptors (Lipinski definition) is 5. The van der Waals surface area contributed by atoms with E-state index < -0.39 is 18.7 Å². The average Bonchev–Trinajstić information content (AvgIpc) is 3.07. The first-order valence-electron chi connectivity index (χ1n) is 8.77. The van der Waals surface area contributed by atoms with Crippen LogP contribution < -0.4 is 10.1 Å². The van der Waals surface area contributed by atoms with Crippen molar-refractivity contribution in [3.63, 3.8) is 0 Å². The summed E-state index contributed by atoms with van der Waals surface area (Å²) in [5.74, 6) is -0.241. The third-order valence-corrected chi connectivity index (χ3v) is 4.07. The van der Waals surface area contributed by atoms with Gasteiger partial charge in [-0.2, -0.15) is 18.3 Å². The number of aliphatic hydroxyl groups excluding tert-OH is 1. The summed E-state index contributed by atoms with van der Waals surface area (Å²) in [4.78, 5) is 16.3. The Morgan fingerprint density at radius 1 is 1.31 bits per heavy atom. The van der Waals surface area contributed by atoms with Crippen LogP contribution in [0.25, 0.3) is 10.9 Å². The molecule has 7 nitrogen and oxygen atoms in total. The van der Waals surface area contributed by atoms with Crippen LogP contribution >= 0.6 is 0 Å². The Hall–Kier alpha value is -3.14. The molecule has 29 heavy (non-hydrogen) atoms. The molecule has 0 bridgehead atoms. The van der Waals surface area contributed by atoms with Crippen molar-refractivity contribution in [3.05, 3.63) is 53.5 Å². The highest BCUT2D eigenvalue weighted by molar-refractivity contribution is 6.04. The van der Waals surface area contributed by atoms with Crippen molar-refractivity contribution in [1.82, 2.24) is 20.1 Å². The average molecular weight is 408 g/mol. The Kier molecular flexibility index (Phi) is 6.02. The van der Waals surface area contributed by atoms with Gasteiger partial charge in [0.2, 0.25) is 0 Å². The Balaban J connectivity index is 1.78. The largest absolute Gasteiger partial charge is 0.484 e. The first-order chi connectivity index (χ1) is 13.8. The third kappa shape index (κ3) is 5.23. The molecule has 2 heterocycles. The van der Waals surface area contributed by atoms with E-state index in [2.05, 4.69) is 15.4 Å². The number of alkyl halides is 3. The Labute approximate surface area is 164 Å². The van der Waals surface area contributed by atoms with Gasteiger partial charge in [0.25, 0.3) is 5.91 Å². The fraction of sp³-hybridized carbons (Fsp3) is 0.316. The molecule has 3 aromatic rings. The van der Waals surface area contributed by atoms with E-state index in [9.17, 15) is 18.0 Å². The number of aryl methyl sites for hydroxylation is 1. The molecule has 0 aliphatic carbocycles. The Morgan fingerprint density at radius 3 is 2.79 bits per heavy atom. The maximum atomic E-state index is 12.3. The molecule has 0 unspecified atom stereocenters. The normalized spacial score (nSPS) is 11.6. The molecular formula is C19H19F3N4O3. The van der Waals surface area contributed by atoms with Crippen LogP contribution in [0.5, 0.6) is 5.75 Å². The molecule has 0 atom stereocenters. The predicted octanol–water partition coefficient (Wildman–Crippen LogP) is 2.45. The van der Waals surface area contributed by atoms with Crippen LogP contribution in [0.1, 0.15) is 21.6 Å². The Morgan fingerprint density at radius 2 is 2.10 bits per heavy atom. The standard InChI is InChI=1S/C19H19F3N4O3/c1-12-8-13(2-3-16(12)29-11-19(20,21)22)9-26-10-14-15(25-26)4-5-23-17(14)18(28)24-6-7-27/h2-5,8,10,27H,6-7,9,11H2,1H3,(H,24,28). The monoisotopic (exact) mass is 408 g/mol. The van der Waals surface area contributed by atoms with Crippen molar-refractivity contribution in [3.8, 4) is 5.75 Å². The number of nitrogens with zero attached hydrogens (tertiary/aromatic N) is 3. The van der Waals surface area contributed by atoms with Gasteiger partial charge in [-0.15, -0.1) is 0 Å². The first kappa shape index (κ1) is 20.6. The van der Waals surface area contributed by atoms with Crippen molar-refractivity contribution in [2.45, 2.75) is 19.6 Å². The number of carbonyl (C=O) groups excluding carboxylic acids is 1. The van der Waals surface area contributed by atoms with E-state index in [1.54, 1.807) is 36.0 Å². The lowest BCUT2D eigenvalue weighted by Crippen LogP contribution is -2.27. The van der Waals surface area contributed by atoms with Gasteiger partial charge in [0, 0.05) is 18.9 Å². The molecule has 2 aromatic heterocycles. The fourth-order valence-corrected chi connectivity index (χ4v) is 2.83. The molecule has 154 valence electrons. The molecule has 0 radical (unpaired) electrons. The second kappa shape index (κ2) is 8.48. The Bertz CT molecular complexity index is 1020. The van der Waals surface area contributed by atoms with Crippen LogP contribution in [-0.4, -0.2) is 51.7 Å². The first-order valence-corrected chi connectivity index (χ1v) is 8.77. The smallest absolute Gasteiger partial charge is 0.422 e. The van der Waals surface area contributed by atoms with Gasteiger partial charge in [-0.3, -0.25) is 14.5 Å². The highest BCUT2D eigenvalue weighted by Gasteiger charge is 2.28. The van der Waals surface area contributed by atoms with Gasteiger partial charge in [0.05, 0.1) is 24.1 Å². The summed E-state index contributed by atoms with van der Waals surface area (Å²) in [6.45, 7) is 0.622. The number of pyridine rings is 1. The number of nitrogens with one attached hydrogen (secondary N) is 1. The lowest BCUT2D eigenvalue weighted by Gasteiger charge is -2.12. The van der Waals surface area contributed by atoms with Gasteiger partial charge >= 0.3 is 6.18 Å². The molecule has 0 fully saturated rings. The maximum Gasteiger partial charge on any atom is 0.422 e. The van der Waals surface area contributed by atoms with Crippen molar-refractivity contribution >= 4 is 16.8 Å². The number of amides is 1. The molecule has 1 aromatic carbocycles. The van der Waals surface area contributed by atoms with Gasteiger partial charge in [-0.05, 0) is 30.2 Å². The van der Waals surface area contributed by atoms with Crippen molar-refractivity contribution in [2.24, 2.45) is 0 Å². The summed E-state index contributed by atoms with van der Waals surface area (Å²) in [5.41, 5.74) is 2.17. The maximum absolute atomic E-state index is 12.3. The second-order valence-electron chi connectivity index (χ2n) is 6.40. The summed E-state index contributed by atoms with van der Waals surface area (Å²) in [6.07, 6.45) is -1.24. The van der Waals surface area contributed by atoms with Crippen molar-refractivity contribution in [1.29, 1.82) is 0 Å². The molecule has 0 aliphatic heterocycles. The molecule has 1 amide bonds. The molecule has 0 saturated carbocycles. The zero-order valence-electron chi connectivity index (χ0n) is 15.5. The fourth-order valence-electron chi connectivity index (χ4n) is 2.83. The number of halogens is 3. The van der Waals surface area contributed by atoms with Gasteiger partial charge in [-0.25, -0.2) is 0 Å². The highest BCUT2D eigenvalue weighted by Crippen LogP contribution is 2.23. The van der Waals surface area contributed by atoms with Crippen LogP contribution in [0.3, 0.4) is 0 Å². The zero-order chi connectivity index (χ0) is 21.0. The molecule has 0 spiro atoms. The summed E-state index contributed by atoms with van der Waals surface area (Å²) in [5, 5.41) is 16.4. The van der Waals surface area contributed by atoms with Crippen molar-refractivity contribution in [2.75, 3.05) is 19.8 Å². The number of rotatable bonds is 7. The highest BCUT2D eigenvalue weighted by atomic mass is 19.4. The summed E-state index contributed by atoms with van der Waals surface area (Å²) in [6, 6.07) is 6.56. The SMILES string of the molecule is Cc1cc(Cn2cc3c(C(=O)NCCO)nccc3n2)ccc1OCC(F)(F)F. The molecule has 3 rings (SSSR count). The van der Waals surface area contributed by atoms with E-state index in [4.69, 9.17) is 9.84 Å². The topological polar surface area (TPSA) is 89.3 Å². The van der Waals surface area contributed by atoms with E-state index in [1.165, 1.54) is 12.3 Å². The summed E-state index contributed by atoms with van der Waals surface area (Å²) in [7, 11) is 0. The minimum absolute atomic E-state index is 0.118. The predicted molar refractivity (Wildman–Crippen MR) is 98.8 cm³/mol. The van der Waals surface area contributed by atoms with E-state index in [1.807, 2.05) is 0 Å². The summed E-state index contributed by atoms with van der Waals surface area (Å²) < 4.78 is 43.4. The van der Waals surface area contributed by atoms with Crippen LogP contribution in [-0.2, 0) is 6.54 Å². The van der Waals surface area contributed by atoms with Crippen LogP contribution in [0.15, 0.2) is 36.7 Å². The van der Waals surface area contributed by atoms with Gasteiger partial charge < -0.3 is 15.2 Å².